The molecule has 7 heavy (non-hydrogen) atoms. The molecule has 0 saturated carbocycles. The SMILES string of the molecule is [2H]c1nnc([2H])c(Br)c1[2H]. The van der Waals surface area contributed by atoms with Crippen LogP contribution in [0.15, 0.2) is 22.9 Å². The smallest absolute Gasteiger partial charge is 0.0872 e. The Morgan fingerprint density at radius 1 is 1.71 bits per heavy atom. The minimum atomic E-state index is -0.220. The van der Waals surface area contributed by atoms with Crippen molar-refractivity contribution in [1.82, 2.24) is 10.2 Å². The highest BCUT2D eigenvalue weighted by atomic mass is 79.9. The molecule has 0 saturated heterocycles. The van der Waals surface area contributed by atoms with Crippen molar-refractivity contribution in [2.45, 2.75) is 0 Å². The summed E-state index contributed by atoms with van der Waals surface area (Å²) in [6.07, 6.45) is -0.330. The molecule has 0 aliphatic carbocycles. The van der Waals surface area contributed by atoms with Gasteiger partial charge in [-0.25, -0.2) is 0 Å². The summed E-state index contributed by atoms with van der Waals surface area (Å²) in [5.74, 6) is 0. The van der Waals surface area contributed by atoms with Gasteiger partial charge in [-0.15, -0.1) is 0 Å². The highest BCUT2D eigenvalue weighted by molar-refractivity contribution is 9.10. The zero-order valence-corrected chi connectivity index (χ0v) is 4.86. The second-order valence-electron chi connectivity index (χ2n) is 0.863. The molecule has 0 aromatic carbocycles. The highest BCUT2D eigenvalue weighted by Crippen LogP contribution is 2.01. The Hall–Kier alpha value is -0.440. The van der Waals surface area contributed by atoms with Gasteiger partial charge in [0.2, 0.25) is 0 Å². The van der Waals surface area contributed by atoms with Gasteiger partial charge in [-0.2, -0.15) is 10.2 Å². The second-order valence-corrected chi connectivity index (χ2v) is 1.66. The van der Waals surface area contributed by atoms with Gasteiger partial charge in [0.1, 0.15) is 0 Å². The van der Waals surface area contributed by atoms with E-state index in [2.05, 4.69) is 26.1 Å². The van der Waals surface area contributed by atoms with E-state index in [1.165, 1.54) is 0 Å². The van der Waals surface area contributed by atoms with Crippen LogP contribution in [0.5, 0.6) is 0 Å². The van der Waals surface area contributed by atoms with Crippen LogP contribution in [0.2, 0.25) is 0 Å². The van der Waals surface area contributed by atoms with E-state index < -0.39 is 0 Å². The molecule has 1 rings (SSSR count). The zero-order valence-electron chi connectivity index (χ0n) is 6.27. The van der Waals surface area contributed by atoms with Crippen LogP contribution in [0.25, 0.3) is 0 Å². The van der Waals surface area contributed by atoms with Gasteiger partial charge in [-0.3, -0.25) is 0 Å². The first kappa shape index (κ1) is 2.22. The lowest BCUT2D eigenvalue weighted by Crippen LogP contribution is -1.73. The molecule has 1 aromatic heterocycles. The molecule has 0 aliphatic rings. The van der Waals surface area contributed by atoms with E-state index in [0.717, 1.165) is 0 Å². The van der Waals surface area contributed by atoms with Crippen molar-refractivity contribution in [3.8, 4) is 0 Å². The zero-order chi connectivity index (χ0) is 7.72. The maximum absolute atomic E-state index is 7.13. The Morgan fingerprint density at radius 2 is 2.57 bits per heavy atom. The number of aromatic nitrogens is 2. The van der Waals surface area contributed by atoms with E-state index in [1.807, 2.05) is 0 Å². The molecule has 0 unspecified atom stereocenters. The Morgan fingerprint density at radius 3 is 3.29 bits per heavy atom. The summed E-state index contributed by atoms with van der Waals surface area (Å²) in [6.45, 7) is 0. The van der Waals surface area contributed by atoms with Crippen LogP contribution in [0.3, 0.4) is 0 Å². The summed E-state index contributed by atoms with van der Waals surface area (Å²) >= 11 is 2.93. The van der Waals surface area contributed by atoms with Gasteiger partial charge in [-0.1, -0.05) is 0 Å². The molecule has 0 aliphatic heterocycles. The van der Waals surface area contributed by atoms with Crippen LogP contribution < -0.4 is 0 Å². The van der Waals surface area contributed by atoms with Gasteiger partial charge in [0.15, 0.2) is 0 Å². The van der Waals surface area contributed by atoms with Gasteiger partial charge < -0.3 is 0 Å². The lowest BCUT2D eigenvalue weighted by molar-refractivity contribution is 1.02. The fourth-order valence-corrected chi connectivity index (χ4v) is 0.364. The molecule has 1 aromatic rings. The summed E-state index contributed by atoms with van der Waals surface area (Å²) in [7, 11) is 0. The molecule has 0 N–H and O–H groups in total. The largest absolute Gasteiger partial charge is 0.159 e. The first-order valence-corrected chi connectivity index (χ1v) is 2.38. The molecule has 0 spiro atoms. The maximum atomic E-state index is 7.13. The third kappa shape index (κ3) is 1.23. The number of halogens is 1. The number of nitrogens with zero attached hydrogens (tertiary/aromatic N) is 2. The van der Waals surface area contributed by atoms with Crippen molar-refractivity contribution in [2.75, 3.05) is 0 Å². The maximum Gasteiger partial charge on any atom is 0.0872 e. The molecule has 36 valence electrons. The lowest BCUT2D eigenvalue weighted by Gasteiger charge is -1.78. The Bertz CT molecular complexity index is 238. The molecule has 0 radical (unpaired) electrons. The van der Waals surface area contributed by atoms with E-state index in [4.69, 9.17) is 4.11 Å². The van der Waals surface area contributed by atoms with Crippen molar-refractivity contribution in [2.24, 2.45) is 0 Å². The summed E-state index contributed by atoms with van der Waals surface area (Å²) in [4.78, 5) is 0. The monoisotopic (exact) mass is 161 g/mol. The van der Waals surface area contributed by atoms with E-state index in [-0.39, 0.29) is 22.9 Å². The van der Waals surface area contributed by atoms with E-state index in [9.17, 15) is 0 Å². The molecular weight excluding hydrogens is 156 g/mol. The van der Waals surface area contributed by atoms with Gasteiger partial charge in [0, 0.05) is 4.47 Å². The van der Waals surface area contributed by atoms with Gasteiger partial charge in [0.05, 0.1) is 16.5 Å². The molecule has 0 bridgehead atoms. The minimum Gasteiger partial charge on any atom is -0.159 e. The second kappa shape index (κ2) is 2.02. The number of hydrogen-bond donors (Lipinski definition) is 0. The average Bonchev–Trinajstić information content (AvgIpc) is 1.93. The van der Waals surface area contributed by atoms with Crippen molar-refractivity contribution in [1.29, 1.82) is 0 Å². The summed E-state index contributed by atoms with van der Waals surface area (Å²) in [5, 5.41) is 6.55. The number of rotatable bonds is 0. The molecule has 0 atom stereocenters. The standard InChI is InChI=1S/C4H3BrN2/c5-4-1-2-6-7-3-4/h1-3H/i1D,2D,3D. The Labute approximate surface area is 53.9 Å². The topological polar surface area (TPSA) is 25.8 Å². The van der Waals surface area contributed by atoms with E-state index >= 15 is 0 Å². The molecule has 0 amide bonds. The fourth-order valence-electron chi connectivity index (χ4n) is 0.196. The molecule has 0 fully saturated rings. The third-order valence-corrected chi connectivity index (χ3v) is 0.789. The summed E-state index contributed by atoms with van der Waals surface area (Å²) in [6, 6.07) is -0.0972. The van der Waals surface area contributed by atoms with Gasteiger partial charge >= 0.3 is 0 Å². The third-order valence-electron chi connectivity index (χ3n) is 0.414. The predicted molar refractivity (Wildman–Crippen MR) is 29.7 cm³/mol. The van der Waals surface area contributed by atoms with Crippen molar-refractivity contribution < 1.29 is 4.11 Å². The van der Waals surface area contributed by atoms with Crippen LogP contribution in [0.4, 0.5) is 0 Å². The first-order chi connectivity index (χ1) is 4.63. The quantitative estimate of drug-likeness (QED) is 0.573. The average molecular weight is 162 g/mol. The molecular formula is C4H3BrN2. The number of hydrogen-bond acceptors (Lipinski definition) is 2. The summed E-state index contributed by atoms with van der Waals surface area (Å²) in [5.41, 5.74) is 0. The van der Waals surface area contributed by atoms with Gasteiger partial charge in [-0.05, 0) is 22.0 Å². The van der Waals surface area contributed by atoms with Crippen LogP contribution in [0.1, 0.15) is 4.11 Å². The molecule has 2 nitrogen and oxygen atoms in total. The predicted octanol–water partition coefficient (Wildman–Crippen LogP) is 1.24. The fraction of sp³-hybridized carbons (Fsp3) is 0. The normalized spacial score (nSPS) is 14.7. The van der Waals surface area contributed by atoms with Gasteiger partial charge in [0.25, 0.3) is 0 Å². The van der Waals surface area contributed by atoms with Crippen LogP contribution >= 0.6 is 15.9 Å². The minimum absolute atomic E-state index is 0.0972. The Balaban J connectivity index is 3.34. The molecule has 3 heteroatoms. The van der Waals surface area contributed by atoms with Crippen molar-refractivity contribution >= 4 is 15.9 Å². The van der Waals surface area contributed by atoms with E-state index in [0.29, 0.717) is 0 Å². The van der Waals surface area contributed by atoms with E-state index in [1.54, 1.807) is 0 Å². The summed E-state index contributed by atoms with van der Waals surface area (Å²) < 4.78 is 21.4. The van der Waals surface area contributed by atoms with Crippen molar-refractivity contribution in [3.05, 3.63) is 22.9 Å². The highest BCUT2D eigenvalue weighted by Gasteiger charge is 1.76. The Kier molecular flexibility index (Phi) is 0.641. The lowest BCUT2D eigenvalue weighted by atomic mass is 10.6. The van der Waals surface area contributed by atoms with Crippen LogP contribution in [-0.4, -0.2) is 10.2 Å². The molecule has 1 heterocycles. The van der Waals surface area contributed by atoms with Crippen LogP contribution in [-0.2, 0) is 0 Å². The van der Waals surface area contributed by atoms with Crippen molar-refractivity contribution in [3.63, 3.8) is 0 Å². The first-order valence-electron chi connectivity index (χ1n) is 3.09. The van der Waals surface area contributed by atoms with Crippen LogP contribution in [0, 0.1) is 0 Å².